The Morgan fingerprint density at radius 3 is 0.920 bits per heavy atom. The summed E-state index contributed by atoms with van der Waals surface area (Å²) in [5, 5.41) is 9.76. The highest BCUT2D eigenvalue weighted by atomic mass is 16.7. The largest absolute Gasteiger partial charge is 0.477 e. The number of aliphatic carboxylic acids is 1. The first kappa shape index (κ1) is 84.5. The zero-order chi connectivity index (χ0) is 63.3. The molecule has 87 heavy (non-hydrogen) atoms. The zero-order valence-electron chi connectivity index (χ0n) is 58.7. The molecule has 0 saturated carbocycles. The Hall–Kier alpha value is -2.49. The Labute approximate surface area is 540 Å². The number of quaternary nitrogens is 1. The number of rotatable bonds is 72. The van der Waals surface area contributed by atoms with E-state index in [9.17, 15) is 19.5 Å². The predicted octanol–water partition coefficient (Wildman–Crippen LogP) is 23.9. The molecule has 0 fully saturated rings. The summed E-state index contributed by atoms with van der Waals surface area (Å²) in [6, 6.07) is 0. The van der Waals surface area contributed by atoms with Gasteiger partial charge in [-0.1, -0.05) is 359 Å². The van der Waals surface area contributed by atoms with Crippen molar-refractivity contribution in [1.29, 1.82) is 0 Å². The van der Waals surface area contributed by atoms with Gasteiger partial charge in [-0.05, 0) is 51.4 Å². The van der Waals surface area contributed by atoms with Gasteiger partial charge in [-0.3, -0.25) is 9.59 Å². The van der Waals surface area contributed by atoms with Crippen LogP contribution < -0.4 is 0 Å². The molecule has 9 heteroatoms. The van der Waals surface area contributed by atoms with Gasteiger partial charge in [0.25, 0.3) is 6.29 Å². The first-order valence-electron chi connectivity index (χ1n) is 38.2. The molecule has 0 aliphatic rings. The number of carbonyl (C=O) groups is 3. The molecular formula is C78H148NO8+. The van der Waals surface area contributed by atoms with Gasteiger partial charge in [0.2, 0.25) is 0 Å². The lowest BCUT2D eigenvalue weighted by Crippen LogP contribution is -2.40. The van der Waals surface area contributed by atoms with E-state index in [4.69, 9.17) is 18.9 Å². The summed E-state index contributed by atoms with van der Waals surface area (Å²) in [6.45, 7) is 4.94. The molecule has 0 spiro atoms. The number of carbonyl (C=O) groups excluding carboxylic acids is 2. The number of carboxylic acid groups (broad SMARTS) is 1. The first-order chi connectivity index (χ1) is 42.6. The molecular weight excluding hydrogens is 1080 g/mol. The molecule has 0 amide bonds. The summed E-state index contributed by atoms with van der Waals surface area (Å²) >= 11 is 0. The molecule has 0 aromatic rings. The lowest BCUT2D eigenvalue weighted by atomic mass is 10.0. The molecule has 2 atom stereocenters. The minimum atomic E-state index is -1.51. The Balaban J connectivity index is 4.02. The minimum Gasteiger partial charge on any atom is -0.477 e. The molecule has 0 aliphatic heterocycles. The molecule has 1 N–H and O–H groups in total. The van der Waals surface area contributed by atoms with Crippen LogP contribution in [0, 0.1) is 0 Å². The number of carboxylic acids is 1. The highest BCUT2D eigenvalue weighted by Crippen LogP contribution is 2.19. The molecule has 0 bridgehead atoms. The van der Waals surface area contributed by atoms with Crippen molar-refractivity contribution in [3.8, 4) is 0 Å². The van der Waals surface area contributed by atoms with Crippen LogP contribution in [0.3, 0.4) is 0 Å². The molecule has 512 valence electrons. The number of nitrogens with zero attached hydrogens (tertiary/aromatic N) is 1. The Bertz CT molecular complexity index is 1520. The molecule has 0 aliphatic carbocycles. The van der Waals surface area contributed by atoms with Gasteiger partial charge in [0.05, 0.1) is 34.4 Å². The average Bonchev–Trinajstić information content (AvgIpc) is 3.56. The van der Waals surface area contributed by atoms with Gasteiger partial charge in [0, 0.05) is 12.8 Å². The third-order valence-corrected chi connectivity index (χ3v) is 17.4. The van der Waals surface area contributed by atoms with E-state index in [1.807, 2.05) is 21.1 Å². The maximum Gasteiger partial charge on any atom is 0.361 e. The van der Waals surface area contributed by atoms with Crippen LogP contribution in [0.2, 0.25) is 0 Å². The smallest absolute Gasteiger partial charge is 0.361 e. The summed E-state index contributed by atoms with van der Waals surface area (Å²) < 4.78 is 23.0. The summed E-state index contributed by atoms with van der Waals surface area (Å²) in [5.74, 6) is -1.97. The monoisotopic (exact) mass is 1230 g/mol. The predicted molar refractivity (Wildman–Crippen MR) is 374 cm³/mol. The van der Waals surface area contributed by atoms with Crippen molar-refractivity contribution in [3.63, 3.8) is 0 Å². The highest BCUT2D eigenvalue weighted by molar-refractivity contribution is 5.71. The van der Waals surface area contributed by atoms with E-state index in [0.717, 1.165) is 51.4 Å². The van der Waals surface area contributed by atoms with Crippen molar-refractivity contribution in [3.05, 3.63) is 36.5 Å². The van der Waals surface area contributed by atoms with Crippen molar-refractivity contribution in [1.82, 2.24) is 0 Å². The van der Waals surface area contributed by atoms with Crippen LogP contribution in [0.25, 0.3) is 0 Å². The van der Waals surface area contributed by atoms with Gasteiger partial charge in [-0.15, -0.1) is 0 Å². The number of hydrogen-bond donors (Lipinski definition) is 1. The number of allylic oxidation sites excluding steroid dienone is 6. The maximum atomic E-state index is 13.0. The number of ether oxygens (including phenoxy) is 4. The summed E-state index contributed by atoms with van der Waals surface area (Å²) in [6.07, 6.45) is 85.7. The average molecular weight is 1230 g/mol. The van der Waals surface area contributed by atoms with Crippen molar-refractivity contribution in [2.75, 3.05) is 47.5 Å². The molecule has 0 aromatic carbocycles. The van der Waals surface area contributed by atoms with E-state index in [2.05, 4.69) is 50.3 Å². The van der Waals surface area contributed by atoms with E-state index < -0.39 is 18.4 Å². The van der Waals surface area contributed by atoms with E-state index in [1.165, 1.54) is 308 Å². The van der Waals surface area contributed by atoms with Crippen molar-refractivity contribution in [2.24, 2.45) is 0 Å². The molecule has 0 radical (unpaired) electrons. The van der Waals surface area contributed by atoms with Crippen molar-refractivity contribution < 1.29 is 42.9 Å². The van der Waals surface area contributed by atoms with Crippen LogP contribution in [0.5, 0.6) is 0 Å². The van der Waals surface area contributed by atoms with Gasteiger partial charge in [0.15, 0.2) is 6.10 Å². The van der Waals surface area contributed by atoms with Gasteiger partial charge in [-0.25, -0.2) is 4.79 Å². The van der Waals surface area contributed by atoms with Crippen LogP contribution >= 0.6 is 0 Å². The quantitative estimate of drug-likeness (QED) is 0.0211. The van der Waals surface area contributed by atoms with Gasteiger partial charge in [-0.2, -0.15) is 0 Å². The second-order valence-electron chi connectivity index (χ2n) is 27.3. The van der Waals surface area contributed by atoms with Crippen LogP contribution in [0.15, 0.2) is 36.5 Å². The molecule has 9 nitrogen and oxygen atoms in total. The number of hydrogen-bond acceptors (Lipinski definition) is 7. The van der Waals surface area contributed by atoms with Crippen molar-refractivity contribution >= 4 is 17.9 Å². The standard InChI is InChI=1S/C78H147NO8/c1-6-8-10-12-14-16-18-20-22-24-26-28-30-32-34-36-38-40-42-44-46-48-50-52-54-56-58-60-62-64-66-68-75(80)85-72-74(73-86-78(77(82)83)84-71-70-79(3,4)5)87-76(81)69-67-65-63-61-59-57-55-53-51-49-47-45-43-41-39-37-35-33-31-29-27-25-23-21-19-17-15-13-11-9-7-2/h19,21,25,27,31,33,74,78H,6-18,20,22-24,26,28-30,32,34-73H2,1-5H3/p+1/b21-19-,27-25-,33-31-. The normalized spacial score (nSPS) is 12.8. The highest BCUT2D eigenvalue weighted by Gasteiger charge is 2.25. The van der Waals surface area contributed by atoms with Gasteiger partial charge >= 0.3 is 17.9 Å². The fraction of sp³-hybridized carbons (Fsp3) is 0.885. The van der Waals surface area contributed by atoms with E-state index in [-0.39, 0.29) is 38.2 Å². The lowest BCUT2D eigenvalue weighted by Gasteiger charge is -2.25. The third-order valence-electron chi connectivity index (χ3n) is 17.4. The molecule has 0 saturated heterocycles. The van der Waals surface area contributed by atoms with Crippen LogP contribution in [0.4, 0.5) is 0 Å². The molecule has 0 aromatic heterocycles. The Morgan fingerprint density at radius 1 is 0.345 bits per heavy atom. The first-order valence-corrected chi connectivity index (χ1v) is 38.2. The number of likely N-dealkylation sites (N-methyl/N-ethyl adjacent to an activating group) is 1. The Morgan fingerprint density at radius 2 is 0.621 bits per heavy atom. The number of unbranched alkanes of at least 4 members (excludes halogenated alkanes) is 51. The fourth-order valence-corrected chi connectivity index (χ4v) is 11.6. The molecule has 0 rings (SSSR count). The fourth-order valence-electron chi connectivity index (χ4n) is 11.6. The summed E-state index contributed by atoms with van der Waals surface area (Å²) in [4.78, 5) is 37.7. The van der Waals surface area contributed by atoms with Gasteiger partial charge < -0.3 is 28.5 Å². The second kappa shape index (κ2) is 69.4. The molecule has 0 heterocycles. The van der Waals surface area contributed by atoms with Crippen molar-refractivity contribution in [2.45, 2.75) is 399 Å². The van der Waals surface area contributed by atoms with Crippen LogP contribution in [0.1, 0.15) is 386 Å². The van der Waals surface area contributed by atoms with Gasteiger partial charge in [0.1, 0.15) is 13.2 Å². The minimum absolute atomic E-state index is 0.176. The Kier molecular flexibility index (Phi) is 67.4. The number of esters is 2. The maximum absolute atomic E-state index is 13.0. The second-order valence-corrected chi connectivity index (χ2v) is 27.3. The van der Waals surface area contributed by atoms with E-state index >= 15 is 0 Å². The van der Waals surface area contributed by atoms with E-state index in [1.54, 1.807) is 0 Å². The third kappa shape index (κ3) is 70.8. The van der Waals surface area contributed by atoms with Crippen LogP contribution in [-0.4, -0.2) is 87.4 Å². The van der Waals surface area contributed by atoms with E-state index in [0.29, 0.717) is 17.4 Å². The zero-order valence-corrected chi connectivity index (χ0v) is 58.7. The summed E-state index contributed by atoms with van der Waals surface area (Å²) in [5.41, 5.74) is 0. The molecule has 2 unspecified atom stereocenters. The topological polar surface area (TPSA) is 108 Å². The SMILES string of the molecule is CCCCCCC/C=C\C/C=C\C/C=C\CCCCCCCCCCCCCCCCCCC(=O)OC(COC(=O)CCCCCCCCCCCCCCCCCCCCCCCCCCCCCCCCC)COC(OCC[N+](C)(C)C)C(=O)O. The lowest BCUT2D eigenvalue weighted by molar-refractivity contribution is -0.870. The summed E-state index contributed by atoms with van der Waals surface area (Å²) in [7, 11) is 5.99. The van der Waals surface area contributed by atoms with Crippen LogP contribution in [-0.2, 0) is 33.3 Å².